The van der Waals surface area contributed by atoms with Gasteiger partial charge in [-0.05, 0) is 30.7 Å². The Morgan fingerprint density at radius 1 is 1.00 bits per heavy atom. The minimum Gasteiger partial charge on any atom is -0.487 e. The van der Waals surface area contributed by atoms with Gasteiger partial charge < -0.3 is 10.1 Å². The Balaban J connectivity index is 1.61. The average molecular weight is 372 g/mol. The number of ether oxygens (including phenoxy) is 1. The van der Waals surface area contributed by atoms with Gasteiger partial charge in [-0.3, -0.25) is 9.36 Å². The van der Waals surface area contributed by atoms with E-state index in [4.69, 9.17) is 4.74 Å². The van der Waals surface area contributed by atoms with Crippen LogP contribution in [-0.4, -0.2) is 14.5 Å². The van der Waals surface area contributed by atoms with Gasteiger partial charge in [-0.1, -0.05) is 42.5 Å². The van der Waals surface area contributed by atoms with Crippen LogP contribution in [0.4, 0.5) is 11.6 Å². The number of nitrogens with one attached hydrogen (secondary N) is 1. The number of rotatable bonds is 6. The molecule has 0 spiro atoms. The van der Waals surface area contributed by atoms with Gasteiger partial charge in [0.2, 0.25) is 5.95 Å². The highest BCUT2D eigenvalue weighted by Gasteiger charge is 2.09. The van der Waals surface area contributed by atoms with Crippen molar-refractivity contribution in [2.24, 2.45) is 0 Å². The first kappa shape index (κ1) is 17.7. The van der Waals surface area contributed by atoms with Crippen molar-refractivity contribution in [1.82, 2.24) is 14.5 Å². The summed E-state index contributed by atoms with van der Waals surface area (Å²) in [5.74, 6) is 1.12. The number of aromatic nitrogens is 3. The molecular weight excluding hydrogens is 352 g/mol. The van der Waals surface area contributed by atoms with E-state index in [2.05, 4.69) is 15.3 Å². The number of nitrogens with zero attached hydrogens (tertiary/aromatic N) is 3. The van der Waals surface area contributed by atoms with Crippen LogP contribution in [0.2, 0.25) is 0 Å². The molecule has 0 aliphatic rings. The highest BCUT2D eigenvalue weighted by atomic mass is 16.5. The Kier molecular flexibility index (Phi) is 5.01. The fourth-order valence-corrected chi connectivity index (χ4v) is 2.99. The molecule has 140 valence electrons. The van der Waals surface area contributed by atoms with Gasteiger partial charge in [-0.25, -0.2) is 4.98 Å². The number of anilines is 2. The predicted octanol–water partition coefficient (Wildman–Crippen LogP) is 4.13. The zero-order valence-corrected chi connectivity index (χ0v) is 15.5. The maximum Gasteiger partial charge on any atom is 0.252 e. The molecule has 4 aromatic rings. The average Bonchev–Trinajstić information content (AvgIpc) is 2.74. The molecule has 28 heavy (non-hydrogen) atoms. The van der Waals surface area contributed by atoms with Crippen LogP contribution in [0.1, 0.15) is 12.5 Å². The standard InChI is InChI=1S/C22H20N4O2/c1-2-26-20(27)13-12-17-14-23-22(25-21(17)26)24-18-10-6-7-11-19(18)28-15-16-8-4-3-5-9-16/h3-14H,2,15H2,1H3,(H,23,24,25). The number of fused-ring (bicyclic) bond motifs is 1. The Morgan fingerprint density at radius 2 is 1.79 bits per heavy atom. The largest absolute Gasteiger partial charge is 0.487 e. The Bertz CT molecular complexity index is 1160. The monoisotopic (exact) mass is 372 g/mol. The van der Waals surface area contributed by atoms with Gasteiger partial charge in [0, 0.05) is 24.2 Å². The van der Waals surface area contributed by atoms with Gasteiger partial charge in [-0.15, -0.1) is 0 Å². The summed E-state index contributed by atoms with van der Waals surface area (Å²) in [6, 6.07) is 20.9. The number of hydrogen-bond donors (Lipinski definition) is 1. The van der Waals surface area contributed by atoms with E-state index in [1.807, 2.05) is 61.5 Å². The second-order valence-electron chi connectivity index (χ2n) is 6.28. The van der Waals surface area contributed by atoms with Crippen molar-refractivity contribution in [3.8, 4) is 5.75 Å². The van der Waals surface area contributed by atoms with Crippen LogP contribution >= 0.6 is 0 Å². The number of pyridine rings is 1. The van der Waals surface area contributed by atoms with E-state index in [1.54, 1.807) is 16.8 Å². The lowest BCUT2D eigenvalue weighted by atomic mass is 10.2. The van der Waals surface area contributed by atoms with Crippen molar-refractivity contribution >= 4 is 22.7 Å². The summed E-state index contributed by atoms with van der Waals surface area (Å²) in [6.07, 6.45) is 1.71. The van der Waals surface area contributed by atoms with Crippen molar-refractivity contribution in [3.63, 3.8) is 0 Å². The molecule has 0 radical (unpaired) electrons. The predicted molar refractivity (Wildman–Crippen MR) is 110 cm³/mol. The molecule has 0 aliphatic carbocycles. The Hall–Kier alpha value is -3.67. The lowest BCUT2D eigenvalue weighted by Gasteiger charge is -2.13. The molecule has 2 aromatic heterocycles. The van der Waals surface area contributed by atoms with Gasteiger partial charge in [-0.2, -0.15) is 4.98 Å². The zero-order valence-electron chi connectivity index (χ0n) is 15.5. The molecule has 0 bridgehead atoms. The molecule has 0 amide bonds. The minimum atomic E-state index is -0.0776. The Labute approximate surface area is 162 Å². The fourth-order valence-electron chi connectivity index (χ4n) is 2.99. The molecule has 0 aliphatic heterocycles. The van der Waals surface area contributed by atoms with Gasteiger partial charge in [0.25, 0.3) is 5.56 Å². The lowest BCUT2D eigenvalue weighted by molar-refractivity contribution is 0.308. The lowest BCUT2D eigenvalue weighted by Crippen LogP contribution is -2.19. The molecule has 4 rings (SSSR count). The zero-order chi connectivity index (χ0) is 19.3. The molecule has 0 atom stereocenters. The molecule has 2 aromatic carbocycles. The quantitative estimate of drug-likeness (QED) is 0.551. The van der Waals surface area contributed by atoms with E-state index < -0.39 is 0 Å². The number of benzene rings is 2. The second kappa shape index (κ2) is 7.92. The minimum absolute atomic E-state index is 0.0776. The second-order valence-corrected chi connectivity index (χ2v) is 6.28. The maximum absolute atomic E-state index is 12.1. The summed E-state index contributed by atoms with van der Waals surface area (Å²) < 4.78 is 7.60. The van der Waals surface area contributed by atoms with Crippen molar-refractivity contribution in [2.45, 2.75) is 20.1 Å². The van der Waals surface area contributed by atoms with Crippen LogP contribution in [0, 0.1) is 0 Å². The van der Waals surface area contributed by atoms with E-state index in [0.29, 0.717) is 30.5 Å². The number of hydrogen-bond acceptors (Lipinski definition) is 5. The number of para-hydroxylation sites is 2. The molecule has 1 N–H and O–H groups in total. The summed E-state index contributed by atoms with van der Waals surface area (Å²) >= 11 is 0. The fraction of sp³-hybridized carbons (Fsp3) is 0.136. The van der Waals surface area contributed by atoms with Crippen LogP contribution in [-0.2, 0) is 13.2 Å². The van der Waals surface area contributed by atoms with Gasteiger partial charge >= 0.3 is 0 Å². The van der Waals surface area contributed by atoms with Crippen molar-refractivity contribution in [3.05, 3.63) is 88.8 Å². The van der Waals surface area contributed by atoms with Crippen LogP contribution in [0.5, 0.6) is 5.75 Å². The third kappa shape index (κ3) is 3.71. The summed E-state index contributed by atoms with van der Waals surface area (Å²) in [5, 5.41) is 4.03. The van der Waals surface area contributed by atoms with Crippen molar-refractivity contribution in [1.29, 1.82) is 0 Å². The topological polar surface area (TPSA) is 69.0 Å². The third-order valence-electron chi connectivity index (χ3n) is 4.41. The molecule has 0 fully saturated rings. The summed E-state index contributed by atoms with van der Waals surface area (Å²) in [4.78, 5) is 21.0. The van der Waals surface area contributed by atoms with Gasteiger partial charge in [0.05, 0.1) is 5.69 Å². The first-order valence-corrected chi connectivity index (χ1v) is 9.14. The first-order chi connectivity index (χ1) is 13.7. The summed E-state index contributed by atoms with van der Waals surface area (Å²) in [5.41, 5.74) is 2.38. The van der Waals surface area contributed by atoms with E-state index in [0.717, 1.165) is 16.6 Å². The van der Waals surface area contributed by atoms with Gasteiger partial charge in [0.1, 0.15) is 18.0 Å². The molecule has 0 unspecified atom stereocenters. The highest BCUT2D eigenvalue weighted by molar-refractivity contribution is 5.76. The SMILES string of the molecule is CCn1c(=O)ccc2cnc(Nc3ccccc3OCc3ccccc3)nc21. The summed E-state index contributed by atoms with van der Waals surface area (Å²) in [6.45, 7) is 2.93. The van der Waals surface area contributed by atoms with Crippen molar-refractivity contribution < 1.29 is 4.74 Å². The highest BCUT2D eigenvalue weighted by Crippen LogP contribution is 2.27. The molecule has 6 nitrogen and oxygen atoms in total. The Morgan fingerprint density at radius 3 is 2.61 bits per heavy atom. The van der Waals surface area contributed by atoms with E-state index in [9.17, 15) is 4.79 Å². The molecule has 6 heteroatoms. The summed E-state index contributed by atoms with van der Waals surface area (Å²) in [7, 11) is 0. The van der Waals surface area contributed by atoms with Crippen LogP contribution in [0.15, 0.2) is 77.7 Å². The molecule has 2 heterocycles. The van der Waals surface area contributed by atoms with Gasteiger partial charge in [0.15, 0.2) is 0 Å². The molecule has 0 saturated carbocycles. The molecule has 0 saturated heterocycles. The molecular formula is C22H20N4O2. The van der Waals surface area contributed by atoms with Crippen LogP contribution < -0.4 is 15.6 Å². The third-order valence-corrected chi connectivity index (χ3v) is 4.41. The van der Waals surface area contributed by atoms with E-state index in [-0.39, 0.29) is 5.56 Å². The maximum atomic E-state index is 12.1. The van der Waals surface area contributed by atoms with Crippen LogP contribution in [0.25, 0.3) is 11.0 Å². The van der Waals surface area contributed by atoms with Crippen LogP contribution in [0.3, 0.4) is 0 Å². The van der Waals surface area contributed by atoms with E-state index in [1.165, 1.54) is 6.07 Å². The van der Waals surface area contributed by atoms with E-state index >= 15 is 0 Å². The first-order valence-electron chi connectivity index (χ1n) is 9.14. The van der Waals surface area contributed by atoms with Crippen molar-refractivity contribution in [2.75, 3.05) is 5.32 Å². The smallest absolute Gasteiger partial charge is 0.252 e. The normalized spacial score (nSPS) is 10.8. The number of aryl methyl sites for hydroxylation is 1.